The first kappa shape index (κ1) is 20.8. The van der Waals surface area contributed by atoms with Crippen LogP contribution in [0.3, 0.4) is 0 Å². The van der Waals surface area contributed by atoms with Gasteiger partial charge in [0, 0.05) is 30.1 Å². The van der Waals surface area contributed by atoms with Crippen LogP contribution in [-0.2, 0) is 11.3 Å². The first-order valence-electron chi connectivity index (χ1n) is 9.59. The molecule has 0 fully saturated rings. The highest BCUT2D eigenvalue weighted by Crippen LogP contribution is 2.30. The molecule has 0 bridgehead atoms. The van der Waals surface area contributed by atoms with E-state index in [0.29, 0.717) is 40.0 Å². The third-order valence-corrected chi connectivity index (χ3v) is 5.20. The second-order valence-electron chi connectivity index (χ2n) is 6.94. The van der Waals surface area contributed by atoms with E-state index in [2.05, 4.69) is 15.4 Å². The lowest BCUT2D eigenvalue weighted by Crippen LogP contribution is -2.16. The van der Waals surface area contributed by atoms with Gasteiger partial charge in [-0.15, -0.1) is 0 Å². The third-order valence-electron chi connectivity index (χ3n) is 4.94. The largest absolute Gasteiger partial charge is 0.497 e. The average Bonchev–Trinajstić information content (AvgIpc) is 3.14. The summed E-state index contributed by atoms with van der Waals surface area (Å²) in [6.07, 6.45) is 1.57. The lowest BCUT2D eigenvalue weighted by atomic mass is 10.1. The molecule has 158 valence electrons. The Labute approximate surface area is 184 Å². The van der Waals surface area contributed by atoms with Crippen LogP contribution in [-0.4, -0.2) is 34.7 Å². The highest BCUT2D eigenvalue weighted by Gasteiger charge is 2.20. The molecule has 0 aliphatic rings. The van der Waals surface area contributed by atoms with Gasteiger partial charge in [0.2, 0.25) is 0 Å². The SMILES string of the molecule is COCc1nn2c(C)c(C(=O)Nc3cccc(OC)c3)cnc2c1-c1ccc(Cl)cc1. The molecule has 2 heterocycles. The number of carbonyl (C=O) groups excluding carboxylic acids is 1. The summed E-state index contributed by atoms with van der Waals surface area (Å²) in [5, 5.41) is 8.21. The number of fused-ring (bicyclic) bond motifs is 1. The maximum absolute atomic E-state index is 12.9. The Hall–Kier alpha value is -3.42. The number of amides is 1. The second kappa shape index (κ2) is 8.75. The number of aryl methyl sites for hydroxylation is 1. The first-order valence-corrected chi connectivity index (χ1v) is 9.97. The lowest BCUT2D eigenvalue weighted by molar-refractivity contribution is 0.102. The third kappa shape index (κ3) is 4.10. The normalized spacial score (nSPS) is 11.0. The molecule has 4 aromatic rings. The smallest absolute Gasteiger partial charge is 0.259 e. The van der Waals surface area contributed by atoms with Crippen molar-refractivity contribution >= 4 is 28.8 Å². The van der Waals surface area contributed by atoms with Crippen molar-refractivity contribution in [2.75, 3.05) is 19.5 Å². The fraction of sp³-hybridized carbons (Fsp3) is 0.174. The van der Waals surface area contributed by atoms with Gasteiger partial charge in [-0.1, -0.05) is 29.8 Å². The summed E-state index contributed by atoms with van der Waals surface area (Å²) in [5.41, 5.74) is 4.86. The maximum Gasteiger partial charge on any atom is 0.259 e. The molecule has 0 radical (unpaired) electrons. The Kier molecular flexibility index (Phi) is 5.88. The highest BCUT2D eigenvalue weighted by atomic mass is 35.5. The van der Waals surface area contributed by atoms with Crippen LogP contribution >= 0.6 is 11.6 Å². The topological polar surface area (TPSA) is 77.8 Å². The van der Waals surface area contributed by atoms with E-state index in [4.69, 9.17) is 21.1 Å². The Morgan fingerprint density at radius 2 is 1.94 bits per heavy atom. The van der Waals surface area contributed by atoms with Gasteiger partial charge in [0.25, 0.3) is 5.91 Å². The van der Waals surface area contributed by atoms with Crippen LogP contribution in [0.4, 0.5) is 5.69 Å². The number of nitrogens with zero attached hydrogens (tertiary/aromatic N) is 3. The van der Waals surface area contributed by atoms with Crippen LogP contribution in [0.5, 0.6) is 5.75 Å². The van der Waals surface area contributed by atoms with Gasteiger partial charge in [-0.05, 0) is 36.8 Å². The molecule has 1 amide bonds. The molecule has 8 heteroatoms. The van der Waals surface area contributed by atoms with Crippen LogP contribution in [0, 0.1) is 6.92 Å². The van der Waals surface area contributed by atoms with Crippen molar-refractivity contribution < 1.29 is 14.3 Å². The fourth-order valence-corrected chi connectivity index (χ4v) is 3.54. The molecule has 4 rings (SSSR count). The van der Waals surface area contributed by atoms with Crippen molar-refractivity contribution in [3.63, 3.8) is 0 Å². The Morgan fingerprint density at radius 1 is 1.16 bits per heavy atom. The van der Waals surface area contributed by atoms with Crippen molar-refractivity contribution in [2.24, 2.45) is 0 Å². The predicted molar refractivity (Wildman–Crippen MR) is 120 cm³/mol. The number of rotatable bonds is 6. The minimum Gasteiger partial charge on any atom is -0.497 e. The summed E-state index contributed by atoms with van der Waals surface area (Å²) in [4.78, 5) is 17.5. The number of anilines is 1. The Morgan fingerprint density at radius 3 is 2.65 bits per heavy atom. The van der Waals surface area contributed by atoms with Crippen LogP contribution in [0.2, 0.25) is 5.02 Å². The highest BCUT2D eigenvalue weighted by molar-refractivity contribution is 6.30. The molecule has 0 saturated carbocycles. The van der Waals surface area contributed by atoms with Crippen LogP contribution in [0.1, 0.15) is 21.7 Å². The van der Waals surface area contributed by atoms with Gasteiger partial charge >= 0.3 is 0 Å². The van der Waals surface area contributed by atoms with Gasteiger partial charge in [-0.25, -0.2) is 9.50 Å². The summed E-state index contributed by atoms with van der Waals surface area (Å²) in [7, 11) is 3.19. The molecule has 1 N–H and O–H groups in total. The maximum atomic E-state index is 12.9. The Balaban J connectivity index is 1.76. The van der Waals surface area contributed by atoms with Gasteiger partial charge in [-0.3, -0.25) is 4.79 Å². The zero-order valence-electron chi connectivity index (χ0n) is 17.3. The molecule has 2 aromatic heterocycles. The molecular formula is C23H21ClN4O3. The summed E-state index contributed by atoms with van der Waals surface area (Å²) in [6, 6.07) is 14.6. The number of halogens is 1. The molecule has 7 nitrogen and oxygen atoms in total. The monoisotopic (exact) mass is 436 g/mol. The molecule has 0 saturated heterocycles. The van der Waals surface area contributed by atoms with Gasteiger partial charge in [0.15, 0.2) is 5.65 Å². The summed E-state index contributed by atoms with van der Waals surface area (Å²) < 4.78 is 12.2. The summed E-state index contributed by atoms with van der Waals surface area (Å²) >= 11 is 6.05. The van der Waals surface area contributed by atoms with Crippen LogP contribution in [0.15, 0.2) is 54.7 Å². The molecule has 0 atom stereocenters. The van der Waals surface area contributed by atoms with E-state index >= 15 is 0 Å². The van der Waals surface area contributed by atoms with Crippen LogP contribution in [0.25, 0.3) is 16.8 Å². The number of carbonyl (C=O) groups is 1. The van der Waals surface area contributed by atoms with E-state index in [1.54, 1.807) is 37.1 Å². The summed E-state index contributed by atoms with van der Waals surface area (Å²) in [5.74, 6) is 0.379. The van der Waals surface area contributed by atoms with E-state index in [0.717, 1.165) is 16.8 Å². The zero-order valence-corrected chi connectivity index (χ0v) is 18.1. The lowest BCUT2D eigenvalue weighted by Gasteiger charge is -2.10. The molecule has 0 spiro atoms. The second-order valence-corrected chi connectivity index (χ2v) is 7.38. The summed E-state index contributed by atoms with van der Waals surface area (Å²) in [6.45, 7) is 2.15. The van der Waals surface area contributed by atoms with E-state index in [9.17, 15) is 4.79 Å². The Bertz CT molecular complexity index is 1250. The van der Waals surface area contributed by atoms with Crippen molar-refractivity contribution in [2.45, 2.75) is 13.5 Å². The number of hydrogen-bond donors (Lipinski definition) is 1. The average molecular weight is 437 g/mol. The van der Waals surface area contributed by atoms with Crippen LogP contribution < -0.4 is 10.1 Å². The standard InChI is InChI=1S/C23H21ClN4O3/c1-14-19(23(29)26-17-5-4-6-18(11-17)31-3)12-25-22-21(15-7-9-16(24)10-8-15)20(13-30-2)27-28(14)22/h4-12H,13H2,1-3H3,(H,26,29). The molecule has 2 aromatic carbocycles. The predicted octanol–water partition coefficient (Wildman–Crippen LogP) is 4.77. The molecule has 0 aliphatic carbocycles. The van der Waals surface area contributed by atoms with E-state index in [-0.39, 0.29) is 5.91 Å². The quantitative estimate of drug-likeness (QED) is 0.471. The van der Waals surface area contributed by atoms with Gasteiger partial charge in [-0.2, -0.15) is 5.10 Å². The van der Waals surface area contributed by atoms with Crippen molar-refractivity contribution in [3.8, 4) is 16.9 Å². The van der Waals surface area contributed by atoms with E-state index in [1.165, 1.54) is 0 Å². The van der Waals surface area contributed by atoms with Crippen molar-refractivity contribution in [3.05, 3.63) is 76.7 Å². The van der Waals surface area contributed by atoms with Gasteiger partial charge < -0.3 is 14.8 Å². The number of benzene rings is 2. The van der Waals surface area contributed by atoms with Crippen molar-refractivity contribution in [1.29, 1.82) is 0 Å². The minimum atomic E-state index is -0.281. The first-order chi connectivity index (χ1) is 15.0. The number of nitrogens with one attached hydrogen (secondary N) is 1. The zero-order chi connectivity index (χ0) is 22.0. The molecule has 0 aliphatic heterocycles. The number of hydrogen-bond acceptors (Lipinski definition) is 5. The van der Waals surface area contributed by atoms with Gasteiger partial charge in [0.05, 0.1) is 36.2 Å². The number of ether oxygens (including phenoxy) is 2. The fourth-order valence-electron chi connectivity index (χ4n) is 3.41. The molecule has 0 unspecified atom stereocenters. The van der Waals surface area contributed by atoms with Gasteiger partial charge in [0.1, 0.15) is 5.75 Å². The van der Waals surface area contributed by atoms with E-state index in [1.807, 2.05) is 43.3 Å². The van der Waals surface area contributed by atoms with E-state index < -0.39 is 0 Å². The minimum absolute atomic E-state index is 0.281. The molecular weight excluding hydrogens is 416 g/mol. The number of aromatic nitrogens is 3. The van der Waals surface area contributed by atoms with Crippen molar-refractivity contribution in [1.82, 2.24) is 14.6 Å². The number of methoxy groups -OCH3 is 2. The molecule has 31 heavy (non-hydrogen) atoms.